The molecule has 0 spiro atoms. The van der Waals surface area contributed by atoms with E-state index in [2.05, 4.69) is 34.8 Å². The van der Waals surface area contributed by atoms with Crippen molar-refractivity contribution in [1.29, 1.82) is 0 Å². The first kappa shape index (κ1) is 39.6. The Hall–Kier alpha value is -1.61. The largest absolute Gasteiger partial charge is 0.379 e. The molecule has 2 fully saturated rings. The fourth-order valence-electron chi connectivity index (χ4n) is 4.93. The van der Waals surface area contributed by atoms with Gasteiger partial charge < -0.3 is 49.7 Å². The lowest BCUT2D eigenvalue weighted by molar-refractivity contribution is -0.122. The van der Waals surface area contributed by atoms with Crippen molar-refractivity contribution in [3.63, 3.8) is 0 Å². The first-order valence-electron chi connectivity index (χ1n) is 16.9. The molecule has 0 saturated carbocycles. The minimum absolute atomic E-state index is 0.0366. The molecule has 2 aliphatic heterocycles. The molecule has 2 saturated heterocycles. The lowest BCUT2D eigenvalue weighted by Gasteiger charge is -2.17. The van der Waals surface area contributed by atoms with Gasteiger partial charge in [0.05, 0.1) is 90.6 Å². The summed E-state index contributed by atoms with van der Waals surface area (Å²) in [4.78, 5) is 23.7. The second kappa shape index (κ2) is 27.5. The van der Waals surface area contributed by atoms with Gasteiger partial charge in [-0.2, -0.15) is 11.8 Å². The van der Waals surface area contributed by atoms with E-state index in [0.717, 1.165) is 63.1 Å². The van der Waals surface area contributed by atoms with Crippen LogP contribution in [0.15, 0.2) is 12.4 Å². The van der Waals surface area contributed by atoms with Gasteiger partial charge in [-0.05, 0) is 25.7 Å². The van der Waals surface area contributed by atoms with Crippen LogP contribution in [0.3, 0.4) is 0 Å². The van der Waals surface area contributed by atoms with Crippen molar-refractivity contribution in [3.8, 4) is 0 Å². The Morgan fingerprint density at radius 2 is 1.22 bits per heavy atom. The Morgan fingerprint density at radius 3 is 1.82 bits per heavy atom. The Balaban J connectivity index is 1.19. The zero-order valence-corrected chi connectivity index (χ0v) is 28.4. The van der Waals surface area contributed by atoms with Gasteiger partial charge in [-0.15, -0.1) is 0 Å². The number of nitrogens with one attached hydrogen (secondary N) is 4. The van der Waals surface area contributed by atoms with Crippen LogP contribution in [0.1, 0.15) is 64.7 Å². The Kier molecular flexibility index (Phi) is 24.2. The van der Waals surface area contributed by atoms with Gasteiger partial charge in [0.1, 0.15) is 0 Å². The molecule has 0 aromatic carbocycles. The molecule has 0 aliphatic carbocycles. The predicted molar refractivity (Wildman–Crippen MR) is 177 cm³/mol. The molecule has 0 aromatic rings. The number of rotatable bonds is 31. The molecule has 2 amide bonds. The maximum Gasteiger partial charge on any atom is 0.222 e. The molecule has 13 heteroatoms. The lowest BCUT2D eigenvalue weighted by atomic mass is 10.0. The number of carbonyl (C=O) groups excluding carboxylic acids is 2. The zero-order chi connectivity index (χ0) is 32.2. The third kappa shape index (κ3) is 21.0. The minimum atomic E-state index is 0.0366. The predicted octanol–water partition coefficient (Wildman–Crippen LogP) is 2.37. The third-order valence-corrected chi connectivity index (χ3v) is 8.90. The number of unbranched alkanes of at least 4 members (excludes halogenated alkanes) is 3. The smallest absolute Gasteiger partial charge is 0.222 e. The Morgan fingerprint density at radius 1 is 0.689 bits per heavy atom. The number of amides is 2. The van der Waals surface area contributed by atoms with Gasteiger partial charge in [0.25, 0.3) is 0 Å². The van der Waals surface area contributed by atoms with E-state index in [0.29, 0.717) is 116 Å². The highest BCUT2D eigenvalue weighted by Crippen LogP contribution is 2.34. The van der Waals surface area contributed by atoms with Gasteiger partial charge >= 0.3 is 0 Å². The number of hydrogen-bond donors (Lipinski definition) is 4. The molecule has 4 N–H and O–H groups in total. The summed E-state index contributed by atoms with van der Waals surface area (Å²) in [7, 11) is 0. The van der Waals surface area contributed by atoms with Crippen molar-refractivity contribution in [2.45, 2.75) is 82.0 Å². The van der Waals surface area contributed by atoms with E-state index in [-0.39, 0.29) is 11.8 Å². The first-order valence-corrected chi connectivity index (χ1v) is 18.0. The van der Waals surface area contributed by atoms with Crippen LogP contribution in [0.2, 0.25) is 0 Å². The van der Waals surface area contributed by atoms with Gasteiger partial charge in [0.2, 0.25) is 11.8 Å². The van der Waals surface area contributed by atoms with Crippen LogP contribution in [0, 0.1) is 0 Å². The first-order chi connectivity index (χ1) is 22.1. The second-order valence-electron chi connectivity index (χ2n) is 11.2. The number of hydrogen-bond acceptors (Lipinski definition) is 11. The van der Waals surface area contributed by atoms with E-state index in [1.807, 2.05) is 11.8 Å². The van der Waals surface area contributed by atoms with Crippen LogP contribution >= 0.6 is 11.8 Å². The summed E-state index contributed by atoms with van der Waals surface area (Å²) in [6.07, 6.45) is 8.19. The van der Waals surface area contributed by atoms with Crippen molar-refractivity contribution in [1.82, 2.24) is 21.3 Å². The average Bonchev–Trinajstić information content (AvgIpc) is 3.59. The van der Waals surface area contributed by atoms with Gasteiger partial charge in [-0.1, -0.05) is 32.8 Å². The normalized spacial score (nSPS) is 18.9. The quantitative estimate of drug-likeness (QED) is 0.0816. The average molecular weight is 661 g/mol. The molecule has 12 nitrogen and oxygen atoms in total. The van der Waals surface area contributed by atoms with E-state index in [9.17, 15) is 9.59 Å². The van der Waals surface area contributed by atoms with Crippen LogP contribution in [0.5, 0.6) is 0 Å². The summed E-state index contributed by atoms with van der Waals surface area (Å²) in [5, 5.41) is 13.3. The monoisotopic (exact) mass is 660 g/mol. The topological polar surface area (TPSA) is 138 Å². The number of fused-ring (bicyclic) bond motifs is 1. The fraction of sp³-hybridized carbons (Fsp3) is 0.875. The highest BCUT2D eigenvalue weighted by molar-refractivity contribution is 8.00. The van der Waals surface area contributed by atoms with Crippen molar-refractivity contribution in [2.75, 3.05) is 98.1 Å². The fourth-order valence-corrected chi connectivity index (χ4v) is 6.47. The van der Waals surface area contributed by atoms with E-state index in [1.54, 1.807) is 0 Å². The summed E-state index contributed by atoms with van der Waals surface area (Å²) in [6.45, 7) is 13.5. The molecule has 2 rings (SSSR count). The zero-order valence-electron chi connectivity index (χ0n) is 27.6. The minimum Gasteiger partial charge on any atom is -0.379 e. The summed E-state index contributed by atoms with van der Waals surface area (Å²) in [5.74, 6) is 2.23. The standard InChI is InChI=1S/C32H60N4O8S/c1-3-4-7-12-33-31(38)11-15-40-17-19-42-21-23-44-25-24-43-22-20-41-18-16-39-14-8-13-34-30(37)10-6-5-9-29-32-28(26-45-29)35-27(2)36-32/h28-29,32,35-36H,2-26H2,1H3,(H,33,38)(H,34,37)/t28-,29?,32-/m0/s1. The molecule has 0 bridgehead atoms. The van der Waals surface area contributed by atoms with Crippen LogP contribution in [-0.2, 0) is 38.0 Å². The van der Waals surface area contributed by atoms with Crippen LogP contribution in [0.4, 0.5) is 0 Å². The van der Waals surface area contributed by atoms with E-state index in [4.69, 9.17) is 28.4 Å². The molecule has 2 heterocycles. The number of ether oxygens (including phenoxy) is 6. The summed E-state index contributed by atoms with van der Waals surface area (Å²) >= 11 is 2.02. The highest BCUT2D eigenvalue weighted by Gasteiger charge is 2.40. The van der Waals surface area contributed by atoms with Gasteiger partial charge in [-0.25, -0.2) is 0 Å². The molecule has 0 aromatic heterocycles. The van der Waals surface area contributed by atoms with Gasteiger partial charge in [0, 0.05) is 43.5 Å². The maximum absolute atomic E-state index is 12.1. The lowest BCUT2D eigenvalue weighted by Crippen LogP contribution is -2.36. The Labute approximate surface area is 275 Å². The maximum atomic E-state index is 12.1. The Bertz CT molecular complexity index is 781. The van der Waals surface area contributed by atoms with E-state index < -0.39 is 0 Å². The number of thioether (sulfide) groups is 1. The van der Waals surface area contributed by atoms with E-state index in [1.165, 1.54) is 0 Å². The van der Waals surface area contributed by atoms with Gasteiger partial charge in [0.15, 0.2) is 0 Å². The summed E-state index contributed by atoms with van der Waals surface area (Å²) < 4.78 is 32.9. The molecular weight excluding hydrogens is 600 g/mol. The van der Waals surface area contributed by atoms with E-state index >= 15 is 0 Å². The van der Waals surface area contributed by atoms with Crippen LogP contribution in [0.25, 0.3) is 0 Å². The van der Waals surface area contributed by atoms with Crippen LogP contribution in [-0.4, -0.2) is 127 Å². The molecule has 2 aliphatic rings. The van der Waals surface area contributed by atoms with Crippen LogP contribution < -0.4 is 21.3 Å². The molecule has 0 radical (unpaired) electrons. The molecule has 262 valence electrons. The third-order valence-electron chi connectivity index (χ3n) is 7.39. The molecule has 1 unspecified atom stereocenters. The SMILES string of the molecule is C=C1N[C@H]2CSC(CCCCC(=O)NCCCOCCOCCOCCOCCOCCOCCC(=O)NCCCCC)[C@H]2N1. The van der Waals surface area contributed by atoms with Crippen molar-refractivity contribution >= 4 is 23.6 Å². The second-order valence-corrected chi connectivity index (χ2v) is 12.5. The molecule has 3 atom stereocenters. The van der Waals surface area contributed by atoms with Crippen molar-refractivity contribution in [2.24, 2.45) is 0 Å². The summed E-state index contributed by atoms with van der Waals surface area (Å²) in [6, 6.07) is 0.984. The number of carbonyl (C=O) groups is 2. The van der Waals surface area contributed by atoms with Crippen molar-refractivity contribution < 1.29 is 38.0 Å². The molecular formula is C32H60N4O8S. The molecule has 45 heavy (non-hydrogen) atoms. The highest BCUT2D eigenvalue weighted by atomic mass is 32.2. The van der Waals surface area contributed by atoms with Crippen molar-refractivity contribution in [3.05, 3.63) is 12.4 Å². The summed E-state index contributed by atoms with van der Waals surface area (Å²) in [5.41, 5.74) is 0. The van der Waals surface area contributed by atoms with Gasteiger partial charge in [-0.3, -0.25) is 9.59 Å².